The smallest absolute Gasteiger partial charge is 0.155 e. The van der Waals surface area contributed by atoms with Crippen molar-refractivity contribution in [1.82, 2.24) is 9.55 Å². The summed E-state index contributed by atoms with van der Waals surface area (Å²) in [7, 11) is 0. The number of aliphatic hydroxyl groups is 1. The zero-order valence-corrected chi connectivity index (χ0v) is 25.4. The first kappa shape index (κ1) is 28.9. The first-order valence-corrected chi connectivity index (χ1v) is 13.1. The molecule has 0 aliphatic carbocycles. The fourth-order valence-corrected chi connectivity index (χ4v) is 5.14. The summed E-state index contributed by atoms with van der Waals surface area (Å²) in [5.74, 6) is 0.337. The fourth-order valence-electron chi connectivity index (χ4n) is 5.14. The molecule has 1 N–H and O–H groups in total. The van der Waals surface area contributed by atoms with Gasteiger partial charge in [-0.1, -0.05) is 68.4 Å². The molecule has 4 nitrogen and oxygen atoms in total. The number of ketones is 1. The topological polar surface area (TPSA) is 55.1 Å². The third-order valence-corrected chi connectivity index (χ3v) is 6.66. The van der Waals surface area contributed by atoms with E-state index in [1.54, 1.807) is 0 Å². The zero-order valence-electron chi connectivity index (χ0n) is 23.0. The summed E-state index contributed by atoms with van der Waals surface area (Å²) < 4.78 is 2.41. The number of aliphatic hydroxyl groups excluding tert-OH is 1. The Morgan fingerprint density at radius 2 is 1.52 bits per heavy atom. The monoisotopic (exact) mass is 704 g/mol. The Morgan fingerprint density at radius 3 is 2.15 bits per heavy atom. The van der Waals surface area contributed by atoms with E-state index in [2.05, 4.69) is 109 Å². The number of pyridine rings is 1. The van der Waals surface area contributed by atoms with Crippen LogP contribution in [0, 0.1) is 6.07 Å². The number of hydrogen-bond acceptors (Lipinski definition) is 3. The van der Waals surface area contributed by atoms with Gasteiger partial charge in [-0.15, -0.1) is 35.9 Å². The molecule has 0 fully saturated rings. The second-order valence-corrected chi connectivity index (χ2v) is 9.94. The van der Waals surface area contributed by atoms with Gasteiger partial charge in [0.15, 0.2) is 5.78 Å². The summed E-state index contributed by atoms with van der Waals surface area (Å²) >= 11 is 0. The van der Waals surface area contributed by atoms with Gasteiger partial charge in [0.25, 0.3) is 0 Å². The second kappa shape index (κ2) is 12.4. The molecule has 5 heteroatoms. The number of aromatic nitrogens is 2. The average molecular weight is 704 g/mol. The van der Waals surface area contributed by atoms with E-state index in [1.165, 1.54) is 47.2 Å². The van der Waals surface area contributed by atoms with Gasteiger partial charge in [0.1, 0.15) is 0 Å². The second-order valence-electron chi connectivity index (χ2n) is 9.94. The zero-order chi connectivity index (χ0) is 27.5. The van der Waals surface area contributed by atoms with Gasteiger partial charge in [0.2, 0.25) is 0 Å². The SMILES string of the molecule is CC(=O)/C=C(/C)O.CC(C)c1cccc2c3c4ccccc4nc(-c4[c-]cccc4)c3n(-c3ccccc3)c12.[Ir]. The predicted octanol–water partition coefficient (Wildman–Crippen LogP) is 8.96. The normalized spacial score (nSPS) is 11.4. The quantitative estimate of drug-likeness (QED) is 0.113. The van der Waals surface area contributed by atoms with Gasteiger partial charge in [-0.2, -0.15) is 0 Å². The molecule has 0 saturated carbocycles. The molecule has 2 aromatic heterocycles. The Kier molecular flexibility index (Phi) is 8.99. The van der Waals surface area contributed by atoms with Crippen molar-refractivity contribution in [2.24, 2.45) is 0 Å². The molecular formula is C35H31IrN2O2-. The van der Waals surface area contributed by atoms with E-state index in [4.69, 9.17) is 10.1 Å². The first-order chi connectivity index (χ1) is 18.9. The number of carbonyl (C=O) groups excluding carboxylic acids is 1. The summed E-state index contributed by atoms with van der Waals surface area (Å²) in [6.45, 7) is 7.38. The number of allylic oxidation sites excluding steroid dienone is 2. The van der Waals surface area contributed by atoms with Gasteiger partial charge in [0, 0.05) is 59.2 Å². The van der Waals surface area contributed by atoms with Crippen molar-refractivity contribution < 1.29 is 30.0 Å². The van der Waals surface area contributed by atoms with E-state index < -0.39 is 0 Å². The number of hydrogen-bond donors (Lipinski definition) is 1. The molecule has 6 rings (SSSR count). The van der Waals surface area contributed by atoms with Crippen LogP contribution in [0.1, 0.15) is 39.2 Å². The maximum atomic E-state index is 10.0. The van der Waals surface area contributed by atoms with Crippen LogP contribution < -0.4 is 0 Å². The average Bonchev–Trinajstić information content (AvgIpc) is 3.29. The van der Waals surface area contributed by atoms with Gasteiger partial charge >= 0.3 is 0 Å². The molecule has 0 aliphatic heterocycles. The van der Waals surface area contributed by atoms with E-state index in [0.717, 1.165) is 28.0 Å². The molecule has 0 amide bonds. The van der Waals surface area contributed by atoms with E-state index in [0.29, 0.717) is 5.92 Å². The fraction of sp³-hybridized carbons (Fsp3) is 0.143. The molecule has 1 radical (unpaired) electrons. The van der Waals surface area contributed by atoms with Gasteiger partial charge in [-0.25, -0.2) is 0 Å². The predicted molar refractivity (Wildman–Crippen MR) is 162 cm³/mol. The van der Waals surface area contributed by atoms with E-state index in [9.17, 15) is 4.79 Å². The number of nitrogens with zero attached hydrogens (tertiary/aromatic N) is 2. The Hall–Kier alpha value is -4.05. The van der Waals surface area contributed by atoms with Crippen LogP contribution in [-0.2, 0) is 24.9 Å². The molecule has 0 unspecified atom stereocenters. The van der Waals surface area contributed by atoms with Crippen LogP contribution in [0.25, 0.3) is 49.7 Å². The summed E-state index contributed by atoms with van der Waals surface area (Å²) in [5.41, 5.74) is 7.88. The van der Waals surface area contributed by atoms with Crippen molar-refractivity contribution in [2.75, 3.05) is 0 Å². The molecule has 4 aromatic carbocycles. The Bertz CT molecular complexity index is 1820. The van der Waals surface area contributed by atoms with Crippen LogP contribution in [0.15, 0.2) is 109 Å². The number of benzene rings is 4. The van der Waals surface area contributed by atoms with Crippen molar-refractivity contribution >= 4 is 38.5 Å². The minimum absolute atomic E-state index is 0. The number of para-hydroxylation sites is 3. The van der Waals surface area contributed by atoms with Crippen molar-refractivity contribution in [3.8, 4) is 16.9 Å². The molecule has 0 spiro atoms. The minimum Gasteiger partial charge on any atom is -0.512 e. The van der Waals surface area contributed by atoms with Gasteiger partial charge in [-0.3, -0.25) is 9.78 Å². The third-order valence-electron chi connectivity index (χ3n) is 6.66. The van der Waals surface area contributed by atoms with Gasteiger partial charge in [-0.05, 0) is 43.5 Å². The molecule has 0 aliphatic rings. The summed E-state index contributed by atoms with van der Waals surface area (Å²) in [5, 5.41) is 12.1. The van der Waals surface area contributed by atoms with Gasteiger partial charge < -0.3 is 9.67 Å². The molecule has 6 aromatic rings. The van der Waals surface area contributed by atoms with Gasteiger partial charge in [0.05, 0.1) is 16.8 Å². The van der Waals surface area contributed by atoms with Crippen LogP contribution in [0.2, 0.25) is 0 Å². The van der Waals surface area contributed by atoms with E-state index in [1.807, 2.05) is 12.1 Å². The Labute approximate surface area is 248 Å². The molecular weight excluding hydrogens is 673 g/mol. The molecule has 0 bridgehead atoms. The molecule has 2 heterocycles. The maximum absolute atomic E-state index is 10.0. The third kappa shape index (κ3) is 5.62. The number of carbonyl (C=O) groups is 1. The van der Waals surface area contributed by atoms with Crippen molar-refractivity contribution in [3.05, 3.63) is 121 Å². The summed E-state index contributed by atoms with van der Waals surface area (Å²) in [6, 6.07) is 37.4. The van der Waals surface area contributed by atoms with Crippen LogP contribution in [0.4, 0.5) is 0 Å². The molecule has 0 atom stereocenters. The van der Waals surface area contributed by atoms with Crippen molar-refractivity contribution in [2.45, 2.75) is 33.6 Å². The maximum Gasteiger partial charge on any atom is 0.155 e. The van der Waals surface area contributed by atoms with Crippen LogP contribution in [0.3, 0.4) is 0 Å². The van der Waals surface area contributed by atoms with Crippen molar-refractivity contribution in [3.63, 3.8) is 0 Å². The standard InChI is InChI=1S/C30H23N2.C5H8O2.Ir/c1-20(2)23-17-11-18-25-27-24-16-9-10-19-26(24)31-28(21-12-5-3-6-13-21)30(27)32(29(23)25)22-14-7-4-8-15-22;1-4(6)3-5(2)7;/h3-12,14-20H,1-2H3;3,6H,1-2H3;/q-1;;/b;4-3-;. The van der Waals surface area contributed by atoms with E-state index in [-0.39, 0.29) is 31.6 Å². The minimum atomic E-state index is -0.125. The molecule has 203 valence electrons. The van der Waals surface area contributed by atoms with Crippen LogP contribution >= 0.6 is 0 Å². The number of rotatable bonds is 4. The molecule has 40 heavy (non-hydrogen) atoms. The van der Waals surface area contributed by atoms with E-state index >= 15 is 0 Å². The number of fused-ring (bicyclic) bond motifs is 5. The Morgan fingerprint density at radius 1 is 0.850 bits per heavy atom. The van der Waals surface area contributed by atoms with Crippen LogP contribution in [0.5, 0.6) is 0 Å². The molecule has 0 saturated heterocycles. The van der Waals surface area contributed by atoms with Crippen molar-refractivity contribution in [1.29, 1.82) is 0 Å². The summed E-state index contributed by atoms with van der Waals surface area (Å²) in [4.78, 5) is 15.2. The Balaban J connectivity index is 0.000000413. The first-order valence-electron chi connectivity index (χ1n) is 13.1. The largest absolute Gasteiger partial charge is 0.512 e. The summed E-state index contributed by atoms with van der Waals surface area (Å²) in [6.07, 6.45) is 1.17. The van der Waals surface area contributed by atoms with Crippen LogP contribution in [-0.4, -0.2) is 20.4 Å².